The van der Waals surface area contributed by atoms with Gasteiger partial charge in [0.2, 0.25) is 11.6 Å². The van der Waals surface area contributed by atoms with Gasteiger partial charge < -0.3 is 40.4 Å². The lowest BCUT2D eigenvalue weighted by Gasteiger charge is -2.42. The third kappa shape index (κ3) is 5.25. The van der Waals surface area contributed by atoms with Gasteiger partial charge in [-0.25, -0.2) is 0 Å². The lowest BCUT2D eigenvalue weighted by atomic mass is 9.71. The van der Waals surface area contributed by atoms with Gasteiger partial charge in [0.05, 0.1) is 42.1 Å². The van der Waals surface area contributed by atoms with Gasteiger partial charge in [-0.3, -0.25) is 19.2 Å². The van der Waals surface area contributed by atoms with Crippen molar-refractivity contribution >= 4 is 23.3 Å². The second-order valence-corrected chi connectivity index (χ2v) is 12.0. The number of aromatic hydroxyl groups is 2. The second-order valence-electron chi connectivity index (χ2n) is 12.0. The van der Waals surface area contributed by atoms with E-state index in [4.69, 9.17) is 19.9 Å². The third-order valence-electron chi connectivity index (χ3n) is 8.96. The number of Topliss-reactive ketones (excluding diaryl/α,β-unsaturated/α-hetero) is 1. The third-order valence-corrected chi connectivity index (χ3v) is 8.96. The highest BCUT2D eigenvalue weighted by Crippen LogP contribution is 2.52. The monoisotopic (exact) mass is 611 g/mol. The zero-order valence-corrected chi connectivity index (χ0v) is 24.8. The van der Waals surface area contributed by atoms with Crippen molar-refractivity contribution in [2.45, 2.75) is 82.3 Å². The van der Waals surface area contributed by atoms with E-state index in [1.165, 1.54) is 25.3 Å². The molecular formula is C32H37NO11. The Bertz CT molecular complexity index is 1520. The highest BCUT2D eigenvalue weighted by Gasteiger charge is 2.50. The van der Waals surface area contributed by atoms with Gasteiger partial charge in [0.25, 0.3) is 0 Å². The normalized spacial score (nSPS) is 27.6. The van der Waals surface area contributed by atoms with Crippen LogP contribution in [0.5, 0.6) is 17.2 Å². The summed E-state index contributed by atoms with van der Waals surface area (Å²) < 4.78 is 16.7. The van der Waals surface area contributed by atoms with Gasteiger partial charge in [-0.15, -0.1) is 0 Å². The van der Waals surface area contributed by atoms with Crippen LogP contribution >= 0.6 is 0 Å². The van der Waals surface area contributed by atoms with Gasteiger partial charge >= 0.3 is 5.97 Å². The van der Waals surface area contributed by atoms with E-state index in [0.717, 1.165) is 0 Å². The van der Waals surface area contributed by atoms with Crippen LogP contribution in [-0.2, 0) is 25.5 Å². The molecule has 6 atom stereocenters. The molecule has 0 radical (unpaired) electrons. The molecule has 3 aliphatic rings. The lowest BCUT2D eigenvalue weighted by molar-refractivity contribution is -0.160. The van der Waals surface area contributed by atoms with E-state index in [0.29, 0.717) is 12.8 Å². The number of ketones is 3. The highest BCUT2D eigenvalue weighted by atomic mass is 16.5. The van der Waals surface area contributed by atoms with Crippen LogP contribution in [0.2, 0.25) is 0 Å². The first-order valence-corrected chi connectivity index (χ1v) is 14.7. The summed E-state index contributed by atoms with van der Waals surface area (Å²) in [5.74, 6) is -4.43. The Morgan fingerprint density at radius 3 is 2.43 bits per heavy atom. The molecule has 0 saturated heterocycles. The predicted octanol–water partition coefficient (Wildman–Crippen LogP) is 2.02. The second kappa shape index (κ2) is 11.9. The Morgan fingerprint density at radius 2 is 1.77 bits per heavy atom. The fraction of sp³-hybridized carbons (Fsp3) is 0.500. The maximum atomic E-state index is 13.8. The van der Waals surface area contributed by atoms with Gasteiger partial charge in [-0.2, -0.15) is 0 Å². The highest BCUT2D eigenvalue weighted by molar-refractivity contribution is 6.31. The topological polar surface area (TPSA) is 203 Å². The lowest BCUT2D eigenvalue weighted by Crippen LogP contribution is -2.50. The van der Waals surface area contributed by atoms with Gasteiger partial charge in [-0.1, -0.05) is 26.0 Å². The molecule has 2 unspecified atom stereocenters. The summed E-state index contributed by atoms with van der Waals surface area (Å²) in [7, 11) is 1.33. The van der Waals surface area contributed by atoms with Crippen LogP contribution in [0.4, 0.5) is 0 Å². The van der Waals surface area contributed by atoms with Crippen molar-refractivity contribution in [3.05, 3.63) is 51.6 Å². The maximum absolute atomic E-state index is 13.8. The summed E-state index contributed by atoms with van der Waals surface area (Å²) in [5.41, 5.74) is 2.70. The fourth-order valence-corrected chi connectivity index (χ4v) is 6.66. The number of aliphatic hydroxyl groups is 2. The van der Waals surface area contributed by atoms with Crippen molar-refractivity contribution in [2.75, 3.05) is 13.7 Å². The first kappa shape index (κ1) is 31.6. The van der Waals surface area contributed by atoms with Crippen molar-refractivity contribution in [1.82, 2.24) is 0 Å². The Labute approximate surface area is 253 Å². The number of phenolic OH excluding ortho intramolecular Hbond substituents is 2. The van der Waals surface area contributed by atoms with Crippen molar-refractivity contribution in [2.24, 2.45) is 11.7 Å². The molecule has 236 valence electrons. The molecule has 12 nitrogen and oxygen atoms in total. The summed E-state index contributed by atoms with van der Waals surface area (Å²) >= 11 is 0. The zero-order chi connectivity index (χ0) is 32.1. The molecule has 0 spiro atoms. The quantitative estimate of drug-likeness (QED) is 0.183. The molecule has 0 bridgehead atoms. The Balaban J connectivity index is 1.62. The Hall–Kier alpha value is -3.84. The molecule has 2 aromatic rings. The number of hydrogen-bond acceptors (Lipinski definition) is 12. The number of nitrogens with two attached hydrogens (primary N) is 1. The van der Waals surface area contributed by atoms with Gasteiger partial charge in [0.1, 0.15) is 22.8 Å². The number of methoxy groups -OCH3 is 1. The van der Waals surface area contributed by atoms with Crippen molar-refractivity contribution in [3.8, 4) is 17.2 Å². The molecule has 44 heavy (non-hydrogen) atoms. The Morgan fingerprint density at radius 1 is 1.07 bits per heavy atom. The summed E-state index contributed by atoms with van der Waals surface area (Å²) in [4.78, 5) is 52.8. The average molecular weight is 612 g/mol. The largest absolute Gasteiger partial charge is 0.507 e. The summed E-state index contributed by atoms with van der Waals surface area (Å²) in [6.07, 6.45) is -2.42. The fourth-order valence-electron chi connectivity index (χ4n) is 6.66. The van der Waals surface area contributed by atoms with Crippen LogP contribution in [0.1, 0.15) is 95.0 Å². The summed E-state index contributed by atoms with van der Waals surface area (Å²) in [6, 6.07) is 3.78. The number of fused-ring (bicyclic) bond motifs is 3. The van der Waals surface area contributed by atoms with Crippen LogP contribution < -0.4 is 10.5 Å². The number of ether oxygens (including phenoxy) is 3. The van der Waals surface area contributed by atoms with Crippen LogP contribution in [0.3, 0.4) is 0 Å². The molecule has 5 rings (SSSR count). The SMILES string of the molecule is CCCC(=O)OCC(=O)[C@]1(O)Cc2c(O)c3c(c(O)c2C(OC2C[C@@H](C)[C@@H](O)[C@@H](N)C2)C1)C(=O)c1c(OC)cccc1C3=O. The molecule has 6 N–H and O–H groups in total. The molecule has 2 aromatic carbocycles. The predicted molar refractivity (Wildman–Crippen MR) is 154 cm³/mol. The average Bonchev–Trinajstić information content (AvgIpc) is 2.98. The van der Waals surface area contributed by atoms with Gasteiger partial charge in [-0.05, 0) is 31.2 Å². The molecule has 0 aromatic heterocycles. The maximum Gasteiger partial charge on any atom is 0.306 e. The number of rotatable bonds is 8. The standard InChI is InChI=1S/C32H37NO11/c1-4-6-22(35)43-13-21(34)32(41)11-17-24(20(12-32)44-15-9-14(2)27(36)18(33)10-15)31(40)26-25(29(17)38)28(37)16-7-5-8-19(42-3)23(16)30(26)39/h5,7-8,14-15,18,20,27,36,38,40-41H,4,6,9-13,33H2,1-3H3/t14-,15?,18+,20?,27-,32+/m1/s1. The molecular weight excluding hydrogens is 574 g/mol. The van der Waals surface area contributed by atoms with Crippen molar-refractivity contribution < 1.29 is 53.8 Å². The van der Waals surface area contributed by atoms with Crippen LogP contribution in [0.15, 0.2) is 18.2 Å². The first-order chi connectivity index (χ1) is 20.8. The number of carbonyl (C=O) groups is 4. The van der Waals surface area contributed by atoms with E-state index in [2.05, 4.69) is 0 Å². The zero-order valence-electron chi connectivity index (χ0n) is 24.8. The Kier molecular flexibility index (Phi) is 8.56. The minimum Gasteiger partial charge on any atom is -0.507 e. The van der Waals surface area contributed by atoms with Gasteiger partial charge in [0, 0.05) is 42.0 Å². The molecule has 1 fully saturated rings. The summed E-state index contributed by atoms with van der Waals surface area (Å²) in [5, 5.41) is 45.3. The van der Waals surface area contributed by atoms with E-state index in [1.54, 1.807) is 13.8 Å². The smallest absolute Gasteiger partial charge is 0.306 e. The molecule has 1 saturated carbocycles. The van der Waals surface area contributed by atoms with E-state index < -0.39 is 95.3 Å². The first-order valence-electron chi connectivity index (χ1n) is 14.7. The number of carbonyl (C=O) groups excluding carboxylic acids is 4. The number of benzene rings is 2. The molecule has 0 aliphatic heterocycles. The minimum absolute atomic E-state index is 0.0435. The molecule has 0 amide bonds. The molecule has 0 heterocycles. The molecule has 12 heteroatoms. The van der Waals surface area contributed by atoms with Crippen molar-refractivity contribution in [1.29, 1.82) is 0 Å². The van der Waals surface area contributed by atoms with Crippen LogP contribution in [-0.4, -0.2) is 81.3 Å². The van der Waals surface area contributed by atoms with E-state index in [9.17, 15) is 39.6 Å². The number of hydrogen-bond donors (Lipinski definition) is 5. The van der Waals surface area contributed by atoms with E-state index in [-0.39, 0.29) is 46.8 Å². The number of phenols is 2. The van der Waals surface area contributed by atoms with E-state index in [1.807, 2.05) is 0 Å². The van der Waals surface area contributed by atoms with Gasteiger partial charge in [0.15, 0.2) is 12.4 Å². The number of aliphatic hydroxyl groups excluding tert-OH is 1. The summed E-state index contributed by atoms with van der Waals surface area (Å²) in [6.45, 7) is 2.83. The van der Waals surface area contributed by atoms with Crippen LogP contribution in [0, 0.1) is 5.92 Å². The van der Waals surface area contributed by atoms with Crippen molar-refractivity contribution in [3.63, 3.8) is 0 Å². The van der Waals surface area contributed by atoms with E-state index >= 15 is 0 Å². The molecule has 3 aliphatic carbocycles. The van der Waals surface area contributed by atoms with Crippen LogP contribution in [0.25, 0.3) is 0 Å². The minimum atomic E-state index is -2.23. The number of esters is 1.